The van der Waals surface area contributed by atoms with E-state index in [1.165, 1.54) is 5.56 Å². The van der Waals surface area contributed by atoms with E-state index in [9.17, 15) is 9.59 Å². The van der Waals surface area contributed by atoms with E-state index in [4.69, 9.17) is 5.73 Å². The third-order valence-corrected chi connectivity index (χ3v) is 4.70. The van der Waals surface area contributed by atoms with Gasteiger partial charge in [-0.05, 0) is 25.3 Å². The average Bonchev–Trinajstić information content (AvgIpc) is 3.26. The molecule has 0 radical (unpaired) electrons. The number of nitrogens with zero attached hydrogens (tertiary/aromatic N) is 1. The predicted molar refractivity (Wildman–Crippen MR) is 87.9 cm³/mol. The first-order chi connectivity index (χ1) is 11.0. The van der Waals surface area contributed by atoms with E-state index in [0.29, 0.717) is 6.54 Å². The summed E-state index contributed by atoms with van der Waals surface area (Å²) >= 11 is 0. The lowest BCUT2D eigenvalue weighted by atomic mass is 9.95. The number of urea groups is 1. The summed E-state index contributed by atoms with van der Waals surface area (Å²) in [5.41, 5.74) is 7.46. The van der Waals surface area contributed by atoms with Crippen LogP contribution in [0.2, 0.25) is 0 Å². The van der Waals surface area contributed by atoms with Crippen molar-refractivity contribution in [1.29, 1.82) is 0 Å². The summed E-state index contributed by atoms with van der Waals surface area (Å²) in [5, 5.41) is 5.19. The molecular weight excluding hydrogens is 292 g/mol. The highest BCUT2D eigenvalue weighted by Crippen LogP contribution is 2.27. The molecule has 2 fully saturated rings. The fourth-order valence-electron chi connectivity index (χ4n) is 3.06. The zero-order valence-electron chi connectivity index (χ0n) is 13.4. The number of likely N-dealkylation sites (tertiary alicyclic amines) is 1. The maximum Gasteiger partial charge on any atom is 0.321 e. The van der Waals surface area contributed by atoms with Crippen LogP contribution in [0.5, 0.6) is 0 Å². The Bertz CT molecular complexity index is 573. The summed E-state index contributed by atoms with van der Waals surface area (Å²) < 4.78 is 0. The normalized spacial score (nSPS) is 25.8. The summed E-state index contributed by atoms with van der Waals surface area (Å²) in [5.74, 6) is -0.0594. The first-order valence-electron chi connectivity index (χ1n) is 8.20. The number of rotatable bonds is 4. The van der Waals surface area contributed by atoms with Crippen molar-refractivity contribution in [3.05, 3.63) is 35.9 Å². The molecule has 1 aromatic rings. The van der Waals surface area contributed by atoms with E-state index in [1.54, 1.807) is 0 Å². The molecule has 3 rings (SSSR count). The van der Waals surface area contributed by atoms with Crippen LogP contribution in [0.15, 0.2) is 30.3 Å². The van der Waals surface area contributed by atoms with Crippen molar-refractivity contribution in [2.75, 3.05) is 13.1 Å². The minimum Gasteiger partial charge on any atom is -0.335 e. The van der Waals surface area contributed by atoms with Gasteiger partial charge in [-0.1, -0.05) is 30.3 Å². The molecule has 1 saturated heterocycles. The number of nitrogens with one attached hydrogen (secondary N) is 2. The average molecular weight is 316 g/mol. The lowest BCUT2D eigenvalue weighted by Crippen LogP contribution is -2.49. The SMILES string of the molecule is CC(C(=O)NC(=O)NC1CC1)N1C[C@@H](N)[C@H](c2ccccc2)C1. The van der Waals surface area contributed by atoms with Crippen LogP contribution in [-0.2, 0) is 4.79 Å². The van der Waals surface area contributed by atoms with Crippen LogP contribution in [0.3, 0.4) is 0 Å². The molecule has 0 aromatic heterocycles. The molecule has 23 heavy (non-hydrogen) atoms. The van der Waals surface area contributed by atoms with E-state index in [2.05, 4.69) is 22.8 Å². The largest absolute Gasteiger partial charge is 0.335 e. The molecule has 6 nitrogen and oxygen atoms in total. The summed E-state index contributed by atoms with van der Waals surface area (Å²) in [6.45, 7) is 3.20. The van der Waals surface area contributed by atoms with Crippen LogP contribution in [0, 0.1) is 0 Å². The topological polar surface area (TPSA) is 87.5 Å². The molecular formula is C17H24N4O2. The van der Waals surface area contributed by atoms with Gasteiger partial charge in [-0.25, -0.2) is 4.79 Å². The molecule has 1 aliphatic heterocycles. The van der Waals surface area contributed by atoms with Gasteiger partial charge in [-0.15, -0.1) is 0 Å². The smallest absolute Gasteiger partial charge is 0.321 e. The fourth-order valence-corrected chi connectivity index (χ4v) is 3.06. The van der Waals surface area contributed by atoms with E-state index in [1.807, 2.05) is 30.0 Å². The Morgan fingerprint density at radius 1 is 1.22 bits per heavy atom. The molecule has 0 spiro atoms. The van der Waals surface area contributed by atoms with Gasteiger partial charge >= 0.3 is 6.03 Å². The molecule has 0 bridgehead atoms. The zero-order chi connectivity index (χ0) is 16.4. The van der Waals surface area contributed by atoms with Gasteiger partial charge in [0, 0.05) is 31.1 Å². The summed E-state index contributed by atoms with van der Waals surface area (Å²) in [4.78, 5) is 26.0. The summed E-state index contributed by atoms with van der Waals surface area (Å²) in [6.07, 6.45) is 1.99. The molecule has 1 aromatic carbocycles. The molecule has 1 aliphatic carbocycles. The molecule has 2 aliphatic rings. The van der Waals surface area contributed by atoms with Crippen LogP contribution in [-0.4, -0.2) is 48.1 Å². The van der Waals surface area contributed by atoms with Crippen LogP contribution in [0.1, 0.15) is 31.2 Å². The number of amides is 3. The van der Waals surface area contributed by atoms with Crippen molar-refractivity contribution in [3.63, 3.8) is 0 Å². The third kappa shape index (κ3) is 3.89. The maximum absolute atomic E-state index is 12.2. The molecule has 4 N–H and O–H groups in total. The Balaban J connectivity index is 1.56. The van der Waals surface area contributed by atoms with Gasteiger partial charge in [0.15, 0.2) is 0 Å². The van der Waals surface area contributed by atoms with Gasteiger partial charge in [0.2, 0.25) is 5.91 Å². The van der Waals surface area contributed by atoms with Crippen molar-refractivity contribution < 1.29 is 9.59 Å². The van der Waals surface area contributed by atoms with Gasteiger partial charge in [-0.3, -0.25) is 15.0 Å². The van der Waals surface area contributed by atoms with Crippen LogP contribution >= 0.6 is 0 Å². The Morgan fingerprint density at radius 2 is 1.91 bits per heavy atom. The quantitative estimate of drug-likeness (QED) is 0.766. The van der Waals surface area contributed by atoms with Crippen molar-refractivity contribution in [1.82, 2.24) is 15.5 Å². The summed E-state index contributed by atoms with van der Waals surface area (Å²) in [7, 11) is 0. The lowest BCUT2D eigenvalue weighted by Gasteiger charge is -2.23. The van der Waals surface area contributed by atoms with E-state index in [0.717, 1.165) is 19.4 Å². The molecule has 1 heterocycles. The van der Waals surface area contributed by atoms with E-state index >= 15 is 0 Å². The molecule has 124 valence electrons. The maximum atomic E-state index is 12.2. The first kappa shape index (κ1) is 16.0. The summed E-state index contributed by atoms with van der Waals surface area (Å²) in [6, 6.07) is 9.59. The second kappa shape index (κ2) is 6.68. The predicted octanol–water partition coefficient (Wildman–Crippen LogP) is 0.790. The van der Waals surface area contributed by atoms with E-state index < -0.39 is 6.03 Å². The highest BCUT2D eigenvalue weighted by atomic mass is 16.2. The van der Waals surface area contributed by atoms with Gasteiger partial charge in [0.25, 0.3) is 0 Å². The van der Waals surface area contributed by atoms with Crippen molar-refractivity contribution in [2.45, 2.75) is 43.8 Å². The number of nitrogens with two attached hydrogens (primary N) is 1. The molecule has 1 saturated carbocycles. The minimum absolute atomic E-state index is 0.00654. The van der Waals surface area contributed by atoms with Crippen molar-refractivity contribution in [2.24, 2.45) is 5.73 Å². The highest BCUT2D eigenvalue weighted by molar-refractivity contribution is 5.97. The number of hydrogen-bond donors (Lipinski definition) is 3. The number of benzene rings is 1. The number of carbonyl (C=O) groups excluding carboxylic acids is 2. The molecule has 3 atom stereocenters. The Kier molecular flexibility index (Phi) is 4.63. The molecule has 6 heteroatoms. The second-order valence-corrected chi connectivity index (χ2v) is 6.55. The van der Waals surface area contributed by atoms with Gasteiger partial charge in [0.1, 0.15) is 0 Å². The number of hydrogen-bond acceptors (Lipinski definition) is 4. The highest BCUT2D eigenvalue weighted by Gasteiger charge is 2.36. The Hall–Kier alpha value is -1.92. The third-order valence-electron chi connectivity index (χ3n) is 4.70. The first-order valence-corrected chi connectivity index (χ1v) is 8.20. The van der Waals surface area contributed by atoms with Crippen LogP contribution in [0.25, 0.3) is 0 Å². The standard InChI is InChI=1S/C17H24N4O2/c1-11(16(22)20-17(23)19-13-7-8-13)21-9-14(15(18)10-21)12-5-3-2-4-6-12/h2-6,11,13-15H,7-10,18H2,1H3,(H2,19,20,22,23)/t11?,14-,15+/m0/s1. The van der Waals surface area contributed by atoms with E-state index in [-0.39, 0.29) is 30.0 Å². The van der Waals surface area contributed by atoms with Crippen molar-refractivity contribution >= 4 is 11.9 Å². The Morgan fingerprint density at radius 3 is 2.57 bits per heavy atom. The lowest BCUT2D eigenvalue weighted by molar-refractivity contribution is -0.124. The van der Waals surface area contributed by atoms with Crippen LogP contribution < -0.4 is 16.4 Å². The second-order valence-electron chi connectivity index (χ2n) is 6.55. The number of carbonyl (C=O) groups is 2. The van der Waals surface area contributed by atoms with Gasteiger partial charge in [-0.2, -0.15) is 0 Å². The minimum atomic E-state index is -0.396. The van der Waals surface area contributed by atoms with Crippen molar-refractivity contribution in [3.8, 4) is 0 Å². The van der Waals surface area contributed by atoms with Gasteiger partial charge < -0.3 is 11.1 Å². The molecule has 3 amide bonds. The van der Waals surface area contributed by atoms with Gasteiger partial charge in [0.05, 0.1) is 6.04 Å². The fraction of sp³-hybridized carbons (Fsp3) is 0.529. The zero-order valence-corrected chi connectivity index (χ0v) is 13.4. The number of imide groups is 1. The monoisotopic (exact) mass is 316 g/mol. The Labute approximate surface area is 136 Å². The molecule has 1 unspecified atom stereocenters. The van der Waals surface area contributed by atoms with Crippen LogP contribution in [0.4, 0.5) is 4.79 Å².